The van der Waals surface area contributed by atoms with E-state index in [9.17, 15) is 13.2 Å². The third-order valence-electron chi connectivity index (χ3n) is 5.58. The Kier molecular flexibility index (Phi) is 8.65. The number of carbonyl (C=O) groups excluding carboxylic acids is 1. The lowest BCUT2D eigenvalue weighted by atomic mass is 10.1. The number of allylic oxidation sites excluding steroid dienone is 3. The van der Waals surface area contributed by atoms with Gasteiger partial charge in [0, 0.05) is 17.0 Å². The van der Waals surface area contributed by atoms with Gasteiger partial charge in [0.05, 0.1) is 32.9 Å². The highest BCUT2D eigenvalue weighted by Crippen LogP contribution is 2.28. The summed E-state index contributed by atoms with van der Waals surface area (Å²) in [4.78, 5) is 22.3. The zero-order valence-electron chi connectivity index (χ0n) is 21.3. The Morgan fingerprint density at radius 3 is 2.82 bits per heavy atom. The first kappa shape index (κ1) is 27.2. The fourth-order valence-electron chi connectivity index (χ4n) is 3.82. The van der Waals surface area contributed by atoms with Crippen LogP contribution in [0, 0.1) is 6.92 Å². The third-order valence-corrected chi connectivity index (χ3v) is 8.11. The molecule has 3 heterocycles. The van der Waals surface area contributed by atoms with Crippen LogP contribution in [-0.2, 0) is 9.84 Å². The van der Waals surface area contributed by atoms with Gasteiger partial charge in [-0.2, -0.15) is 5.10 Å². The zero-order valence-corrected chi connectivity index (χ0v) is 22.9. The van der Waals surface area contributed by atoms with E-state index >= 15 is 0 Å². The molecular formula is C28H29N5O3S2. The highest BCUT2D eigenvalue weighted by molar-refractivity contribution is 7.91. The number of thiazole rings is 1. The molecule has 3 aromatic heterocycles. The second kappa shape index (κ2) is 12.1. The maximum atomic E-state index is 13.3. The summed E-state index contributed by atoms with van der Waals surface area (Å²) in [6.45, 7) is 7.44. The number of sulfone groups is 1. The average Bonchev–Trinajstić information content (AvgIpc) is 3.54. The van der Waals surface area contributed by atoms with Gasteiger partial charge in [-0.15, -0.1) is 17.9 Å². The van der Waals surface area contributed by atoms with Crippen molar-refractivity contribution in [1.29, 1.82) is 0 Å². The number of nitrogens with one attached hydrogen (secondary N) is 1. The van der Waals surface area contributed by atoms with Crippen molar-refractivity contribution in [2.24, 2.45) is 0 Å². The average molecular weight is 548 g/mol. The molecule has 196 valence electrons. The Hall–Kier alpha value is -3.89. The van der Waals surface area contributed by atoms with E-state index in [-0.39, 0.29) is 17.2 Å². The topological polar surface area (TPSA) is 107 Å². The standard InChI is InChI=1S/C28H29N5O3S2/c1-4-6-10-22(11-8-16-38(35,36)15-5-2)31-28(34)24-18-25(21-13-14-23-26(17-21)37-19-29-23)33(32-24)27-12-7-9-20(3)30-27/h4,7-14,17-19H,1,5-6,15-16H2,2-3H3,(H,31,34)/b11-8-,22-10+. The smallest absolute Gasteiger partial charge is 0.276 e. The Morgan fingerprint density at radius 2 is 2.05 bits per heavy atom. The molecule has 0 fully saturated rings. The van der Waals surface area contributed by atoms with Crippen LogP contribution < -0.4 is 5.32 Å². The number of amides is 1. The Bertz CT molecular complexity index is 1630. The normalized spacial score (nSPS) is 12.3. The molecule has 8 nitrogen and oxygen atoms in total. The van der Waals surface area contributed by atoms with E-state index in [0.717, 1.165) is 21.5 Å². The van der Waals surface area contributed by atoms with Crippen molar-refractivity contribution in [3.05, 3.63) is 95.9 Å². The minimum atomic E-state index is -3.18. The molecule has 0 radical (unpaired) electrons. The molecule has 0 saturated carbocycles. The van der Waals surface area contributed by atoms with Gasteiger partial charge in [-0.05, 0) is 56.2 Å². The summed E-state index contributed by atoms with van der Waals surface area (Å²) < 4.78 is 26.8. The summed E-state index contributed by atoms with van der Waals surface area (Å²) in [5, 5.41) is 7.46. The van der Waals surface area contributed by atoms with Gasteiger partial charge < -0.3 is 5.32 Å². The predicted molar refractivity (Wildman–Crippen MR) is 153 cm³/mol. The number of aryl methyl sites for hydroxylation is 1. The molecule has 0 aliphatic heterocycles. The van der Waals surface area contributed by atoms with Gasteiger partial charge in [0.2, 0.25) is 0 Å². The van der Waals surface area contributed by atoms with Gasteiger partial charge in [0.25, 0.3) is 5.91 Å². The molecule has 0 aliphatic rings. The molecule has 1 N–H and O–H groups in total. The number of hydrogen-bond acceptors (Lipinski definition) is 7. The molecule has 0 bridgehead atoms. The van der Waals surface area contributed by atoms with Crippen molar-refractivity contribution in [1.82, 2.24) is 25.1 Å². The number of hydrogen-bond donors (Lipinski definition) is 1. The van der Waals surface area contributed by atoms with E-state index in [2.05, 4.69) is 27.0 Å². The fraction of sp³-hybridized carbons (Fsp3) is 0.214. The molecule has 0 aliphatic carbocycles. The molecule has 4 rings (SSSR count). The van der Waals surface area contributed by atoms with Gasteiger partial charge in [-0.1, -0.05) is 37.3 Å². The van der Waals surface area contributed by atoms with Crippen LogP contribution in [0.15, 0.2) is 84.6 Å². The SMILES string of the molecule is C=CC/C=C(\C=C/CS(=O)(=O)CCC)NC(=O)c1cc(-c2ccc3ncsc3c2)n(-c2cccc(C)n2)n1. The summed E-state index contributed by atoms with van der Waals surface area (Å²) in [7, 11) is -3.18. The Morgan fingerprint density at radius 1 is 1.21 bits per heavy atom. The van der Waals surface area contributed by atoms with Crippen LogP contribution in [0.25, 0.3) is 27.3 Å². The maximum absolute atomic E-state index is 13.3. The summed E-state index contributed by atoms with van der Waals surface area (Å²) in [5.74, 6) is 0.190. The minimum absolute atomic E-state index is 0.0972. The number of carbonyl (C=O) groups is 1. The quantitative estimate of drug-likeness (QED) is 0.198. The lowest BCUT2D eigenvalue weighted by Crippen LogP contribution is -2.23. The van der Waals surface area contributed by atoms with E-state index in [0.29, 0.717) is 30.1 Å². The van der Waals surface area contributed by atoms with E-state index in [1.54, 1.807) is 40.6 Å². The molecule has 1 amide bonds. The molecule has 1 aromatic carbocycles. The molecule has 0 saturated heterocycles. The van der Waals surface area contributed by atoms with Gasteiger partial charge in [-0.3, -0.25) is 4.79 Å². The van der Waals surface area contributed by atoms with Gasteiger partial charge >= 0.3 is 0 Å². The predicted octanol–water partition coefficient (Wildman–Crippen LogP) is 5.42. The van der Waals surface area contributed by atoms with Gasteiger partial charge in [0.1, 0.15) is 0 Å². The minimum Gasteiger partial charge on any atom is -0.321 e. The molecule has 4 aromatic rings. The molecule has 0 atom stereocenters. The monoisotopic (exact) mass is 547 g/mol. The summed E-state index contributed by atoms with van der Waals surface area (Å²) in [6, 6.07) is 13.3. The number of benzene rings is 1. The molecule has 10 heteroatoms. The van der Waals surface area contributed by atoms with Crippen molar-refractivity contribution in [3.8, 4) is 17.1 Å². The van der Waals surface area contributed by atoms with Crippen molar-refractivity contribution in [3.63, 3.8) is 0 Å². The van der Waals surface area contributed by atoms with Crippen LogP contribution in [0.5, 0.6) is 0 Å². The molecule has 0 unspecified atom stereocenters. The highest BCUT2D eigenvalue weighted by atomic mass is 32.2. The number of pyridine rings is 1. The third kappa shape index (κ3) is 6.70. The number of aromatic nitrogens is 4. The fourth-order valence-corrected chi connectivity index (χ4v) is 5.71. The largest absolute Gasteiger partial charge is 0.321 e. The van der Waals surface area contributed by atoms with Crippen molar-refractivity contribution >= 4 is 37.3 Å². The Balaban J connectivity index is 1.67. The van der Waals surface area contributed by atoms with Crippen LogP contribution >= 0.6 is 11.3 Å². The molecular weight excluding hydrogens is 518 g/mol. The number of fused-ring (bicyclic) bond motifs is 1. The first-order valence-electron chi connectivity index (χ1n) is 12.2. The van der Waals surface area contributed by atoms with E-state index < -0.39 is 15.7 Å². The van der Waals surface area contributed by atoms with Crippen molar-refractivity contribution in [2.75, 3.05) is 11.5 Å². The van der Waals surface area contributed by atoms with Crippen molar-refractivity contribution in [2.45, 2.75) is 26.7 Å². The maximum Gasteiger partial charge on any atom is 0.276 e. The lowest BCUT2D eigenvalue weighted by Gasteiger charge is -2.07. The van der Waals surface area contributed by atoms with Gasteiger partial charge in [-0.25, -0.2) is 23.1 Å². The zero-order chi connectivity index (χ0) is 27.1. The van der Waals surface area contributed by atoms with Crippen LogP contribution in [0.2, 0.25) is 0 Å². The van der Waals surface area contributed by atoms with Crippen LogP contribution in [0.1, 0.15) is 35.9 Å². The number of rotatable bonds is 11. The van der Waals surface area contributed by atoms with Crippen LogP contribution in [0.3, 0.4) is 0 Å². The molecule has 0 spiro atoms. The lowest BCUT2D eigenvalue weighted by molar-refractivity contribution is 0.0961. The van der Waals surface area contributed by atoms with Crippen LogP contribution in [0.4, 0.5) is 0 Å². The first-order valence-corrected chi connectivity index (χ1v) is 14.9. The summed E-state index contributed by atoms with van der Waals surface area (Å²) >= 11 is 1.54. The van der Waals surface area contributed by atoms with E-state index in [4.69, 9.17) is 0 Å². The summed E-state index contributed by atoms with van der Waals surface area (Å²) in [6.07, 6.45) is 7.68. The second-order valence-corrected chi connectivity index (χ2v) is 11.8. The van der Waals surface area contributed by atoms with E-state index in [1.165, 1.54) is 11.3 Å². The van der Waals surface area contributed by atoms with E-state index in [1.807, 2.05) is 50.2 Å². The molecule has 38 heavy (non-hydrogen) atoms. The van der Waals surface area contributed by atoms with Crippen LogP contribution in [-0.4, -0.2) is 45.6 Å². The Labute approximate surface area is 226 Å². The first-order chi connectivity index (χ1) is 18.3. The number of nitrogens with zero attached hydrogens (tertiary/aromatic N) is 4. The van der Waals surface area contributed by atoms with Crippen molar-refractivity contribution < 1.29 is 13.2 Å². The second-order valence-electron chi connectivity index (χ2n) is 8.65. The highest BCUT2D eigenvalue weighted by Gasteiger charge is 2.19. The summed E-state index contributed by atoms with van der Waals surface area (Å²) in [5.41, 5.74) is 5.78. The van der Waals surface area contributed by atoms with Gasteiger partial charge in [0.15, 0.2) is 21.3 Å².